The van der Waals surface area contributed by atoms with Crippen molar-refractivity contribution in [1.82, 2.24) is 4.90 Å². The van der Waals surface area contributed by atoms with Crippen LogP contribution in [-0.4, -0.2) is 56.1 Å². The quantitative estimate of drug-likeness (QED) is 0.528. The summed E-state index contributed by atoms with van der Waals surface area (Å²) in [6.07, 6.45) is 2.74. The normalized spacial score (nSPS) is 18.9. The second-order valence-electron chi connectivity index (χ2n) is 9.17. The monoisotopic (exact) mass is 471 g/mol. The number of benzene rings is 2. The van der Waals surface area contributed by atoms with Gasteiger partial charge in [0, 0.05) is 19.0 Å². The van der Waals surface area contributed by atoms with E-state index in [0.717, 1.165) is 30.9 Å². The molecule has 0 spiro atoms. The summed E-state index contributed by atoms with van der Waals surface area (Å²) in [5.74, 6) is 2.81. The van der Waals surface area contributed by atoms with Gasteiger partial charge in [-0.15, -0.1) is 0 Å². The lowest BCUT2D eigenvalue weighted by Crippen LogP contribution is -2.30. The topological polar surface area (TPSA) is 68.2 Å². The van der Waals surface area contributed by atoms with Gasteiger partial charge < -0.3 is 24.2 Å². The van der Waals surface area contributed by atoms with Gasteiger partial charge in [-0.25, -0.2) is 4.79 Å². The first-order chi connectivity index (χ1) is 16.3. The van der Waals surface area contributed by atoms with E-state index in [2.05, 4.69) is 42.0 Å². The van der Waals surface area contributed by atoms with Crippen LogP contribution in [0.3, 0.4) is 0 Å². The van der Waals surface area contributed by atoms with Crippen LogP contribution in [0.2, 0.25) is 0 Å². The van der Waals surface area contributed by atoms with E-state index >= 15 is 0 Å². The third-order valence-corrected chi connectivity index (χ3v) is 6.43. The Morgan fingerprint density at radius 2 is 1.65 bits per heavy atom. The highest BCUT2D eigenvalue weighted by Gasteiger charge is 2.35. The highest BCUT2D eigenvalue weighted by molar-refractivity contribution is 5.67. The molecule has 1 aliphatic heterocycles. The standard InChI is InChI=1S/C19H24O2.C9H17NO3/c1-16(12-13-17-8-4-3-5-9-17)14-15-21-19-11-7-6-10-18(19)20-2;1-6-4-10(9(12)13-3)5-8(6)7(2)11/h3-11,16H,12-15H2,1-2H3;6-8,11H,4-5H2,1-3H3. The lowest BCUT2D eigenvalue weighted by atomic mass is 9.93. The first-order valence-electron chi connectivity index (χ1n) is 12.2. The van der Waals surface area contributed by atoms with Gasteiger partial charge in [-0.05, 0) is 55.7 Å². The molecule has 0 bridgehead atoms. The molecule has 1 N–H and O–H groups in total. The number of methoxy groups -OCH3 is 2. The van der Waals surface area contributed by atoms with Crippen LogP contribution in [0.25, 0.3) is 0 Å². The van der Waals surface area contributed by atoms with Crippen molar-refractivity contribution in [2.24, 2.45) is 17.8 Å². The summed E-state index contributed by atoms with van der Waals surface area (Å²) in [5.41, 5.74) is 1.41. The minimum atomic E-state index is -0.357. The SMILES string of the molecule is COC(=O)N1CC(C)C(C(C)O)C1.COc1ccccc1OCCC(C)CCc1ccccc1. The molecule has 1 fully saturated rings. The number of nitrogens with zero attached hydrogens (tertiary/aromatic N) is 1. The number of rotatable bonds is 9. The molecule has 1 aliphatic rings. The van der Waals surface area contributed by atoms with Gasteiger partial charge in [0.2, 0.25) is 0 Å². The number of carbonyl (C=O) groups is 1. The van der Waals surface area contributed by atoms with Crippen molar-refractivity contribution in [3.8, 4) is 11.5 Å². The minimum absolute atomic E-state index is 0.180. The Morgan fingerprint density at radius 3 is 2.24 bits per heavy atom. The third kappa shape index (κ3) is 8.90. The van der Waals surface area contributed by atoms with Crippen LogP contribution < -0.4 is 9.47 Å². The van der Waals surface area contributed by atoms with Crippen molar-refractivity contribution in [3.63, 3.8) is 0 Å². The van der Waals surface area contributed by atoms with Gasteiger partial charge in [0.25, 0.3) is 0 Å². The molecule has 34 heavy (non-hydrogen) atoms. The number of aliphatic hydroxyl groups is 1. The fraction of sp³-hybridized carbons (Fsp3) is 0.536. The Hall–Kier alpha value is -2.73. The Kier molecular flexibility index (Phi) is 11.7. The number of likely N-dealkylation sites (tertiary alicyclic amines) is 1. The molecule has 1 heterocycles. The molecule has 4 unspecified atom stereocenters. The van der Waals surface area contributed by atoms with Gasteiger partial charge in [-0.3, -0.25) is 0 Å². The predicted molar refractivity (Wildman–Crippen MR) is 135 cm³/mol. The van der Waals surface area contributed by atoms with Crippen LogP contribution in [0, 0.1) is 17.8 Å². The number of aryl methyl sites for hydroxylation is 1. The Labute approximate surface area is 204 Å². The maximum atomic E-state index is 11.1. The van der Waals surface area contributed by atoms with E-state index in [0.29, 0.717) is 24.9 Å². The number of hydrogen-bond donors (Lipinski definition) is 1. The van der Waals surface area contributed by atoms with Crippen molar-refractivity contribution in [2.45, 2.75) is 46.1 Å². The average Bonchev–Trinajstić information content (AvgIpc) is 3.25. The molecular formula is C28H41NO5. The van der Waals surface area contributed by atoms with Crippen molar-refractivity contribution < 1.29 is 24.1 Å². The zero-order valence-corrected chi connectivity index (χ0v) is 21.3. The smallest absolute Gasteiger partial charge is 0.409 e. The average molecular weight is 472 g/mol. The van der Waals surface area contributed by atoms with E-state index in [1.54, 1.807) is 18.9 Å². The van der Waals surface area contributed by atoms with E-state index in [1.807, 2.05) is 31.2 Å². The predicted octanol–water partition coefficient (Wildman–Crippen LogP) is 5.43. The molecule has 1 amide bonds. The summed E-state index contributed by atoms with van der Waals surface area (Å²) >= 11 is 0. The Bertz CT molecular complexity index is 842. The maximum absolute atomic E-state index is 11.1. The number of carbonyl (C=O) groups excluding carboxylic acids is 1. The second kappa shape index (κ2) is 14.5. The summed E-state index contributed by atoms with van der Waals surface area (Å²) in [4.78, 5) is 12.8. The van der Waals surface area contributed by atoms with Crippen LogP contribution in [0.1, 0.15) is 39.2 Å². The van der Waals surface area contributed by atoms with Crippen LogP contribution in [-0.2, 0) is 11.2 Å². The molecule has 6 nitrogen and oxygen atoms in total. The fourth-order valence-corrected chi connectivity index (χ4v) is 4.21. The fourth-order valence-electron chi connectivity index (χ4n) is 4.21. The second-order valence-corrected chi connectivity index (χ2v) is 9.17. The van der Waals surface area contributed by atoms with Gasteiger partial charge in [0.05, 0.1) is 26.9 Å². The summed E-state index contributed by atoms with van der Waals surface area (Å²) in [6, 6.07) is 18.5. The number of aliphatic hydroxyl groups excluding tert-OH is 1. The molecule has 6 heteroatoms. The molecular weight excluding hydrogens is 430 g/mol. The van der Waals surface area contributed by atoms with E-state index in [9.17, 15) is 9.90 Å². The molecule has 0 saturated carbocycles. The van der Waals surface area contributed by atoms with Crippen LogP contribution in [0.15, 0.2) is 54.6 Å². The maximum Gasteiger partial charge on any atom is 0.409 e. The summed E-state index contributed by atoms with van der Waals surface area (Å²) in [6.45, 7) is 8.11. The molecule has 188 valence electrons. The van der Waals surface area contributed by atoms with E-state index in [4.69, 9.17) is 9.47 Å². The van der Waals surface area contributed by atoms with Crippen molar-refractivity contribution in [1.29, 1.82) is 0 Å². The molecule has 0 aromatic heterocycles. The van der Waals surface area contributed by atoms with Crippen LogP contribution in [0.5, 0.6) is 11.5 Å². The van der Waals surface area contributed by atoms with E-state index in [-0.39, 0.29) is 18.1 Å². The zero-order chi connectivity index (χ0) is 24.9. The molecule has 2 aromatic rings. The number of amides is 1. The largest absolute Gasteiger partial charge is 0.493 e. The van der Waals surface area contributed by atoms with Gasteiger partial charge >= 0.3 is 6.09 Å². The van der Waals surface area contributed by atoms with Crippen molar-refractivity contribution >= 4 is 6.09 Å². The van der Waals surface area contributed by atoms with Crippen LogP contribution in [0.4, 0.5) is 4.79 Å². The Balaban J connectivity index is 0.000000270. The first kappa shape index (κ1) is 27.5. The molecule has 0 radical (unpaired) electrons. The molecule has 2 aromatic carbocycles. The summed E-state index contributed by atoms with van der Waals surface area (Å²) in [7, 11) is 3.05. The third-order valence-electron chi connectivity index (χ3n) is 6.43. The zero-order valence-electron chi connectivity index (χ0n) is 21.3. The van der Waals surface area contributed by atoms with Crippen molar-refractivity contribution in [2.75, 3.05) is 33.9 Å². The van der Waals surface area contributed by atoms with Gasteiger partial charge in [0.15, 0.2) is 11.5 Å². The molecule has 4 atom stereocenters. The number of ether oxygens (including phenoxy) is 3. The van der Waals surface area contributed by atoms with E-state index < -0.39 is 0 Å². The first-order valence-corrected chi connectivity index (χ1v) is 12.2. The highest BCUT2D eigenvalue weighted by Crippen LogP contribution is 2.27. The lowest BCUT2D eigenvalue weighted by molar-refractivity contribution is 0.106. The van der Waals surface area contributed by atoms with Crippen molar-refractivity contribution in [3.05, 3.63) is 60.2 Å². The summed E-state index contributed by atoms with van der Waals surface area (Å²) in [5, 5.41) is 9.42. The number of para-hydroxylation sites is 2. The van der Waals surface area contributed by atoms with E-state index in [1.165, 1.54) is 19.1 Å². The van der Waals surface area contributed by atoms with Gasteiger partial charge in [-0.2, -0.15) is 0 Å². The molecule has 3 rings (SSSR count). The Morgan fingerprint density at radius 1 is 1.00 bits per heavy atom. The molecule has 0 aliphatic carbocycles. The highest BCUT2D eigenvalue weighted by atomic mass is 16.5. The lowest BCUT2D eigenvalue weighted by Gasteiger charge is -2.16. The van der Waals surface area contributed by atoms with Crippen LogP contribution >= 0.6 is 0 Å². The van der Waals surface area contributed by atoms with Gasteiger partial charge in [-0.1, -0.05) is 56.3 Å². The summed E-state index contributed by atoms with van der Waals surface area (Å²) < 4.78 is 15.7. The minimum Gasteiger partial charge on any atom is -0.493 e. The molecule has 1 saturated heterocycles. The number of hydrogen-bond acceptors (Lipinski definition) is 5. The van der Waals surface area contributed by atoms with Gasteiger partial charge in [0.1, 0.15) is 0 Å².